The molecule has 5 rings (SSSR count). The van der Waals surface area contributed by atoms with Crippen LogP contribution in [0.2, 0.25) is 0 Å². The van der Waals surface area contributed by atoms with Crippen molar-refractivity contribution < 1.29 is 31.9 Å². The number of hydrogen-bond acceptors (Lipinski definition) is 7. The molecular weight excluding hydrogens is 589 g/mol. The highest BCUT2D eigenvalue weighted by atomic mass is 31.2. The van der Waals surface area contributed by atoms with Gasteiger partial charge in [0.15, 0.2) is 5.69 Å². The third-order valence-electron chi connectivity index (χ3n) is 7.09. The van der Waals surface area contributed by atoms with Crippen molar-refractivity contribution >= 4 is 29.6 Å². The number of pyridine rings is 1. The minimum absolute atomic E-state index is 0.0755. The quantitative estimate of drug-likeness (QED) is 0.112. The van der Waals surface area contributed by atoms with Gasteiger partial charge in [-0.25, -0.2) is 23.6 Å². The van der Waals surface area contributed by atoms with E-state index in [1.165, 1.54) is 32.4 Å². The molecule has 0 N–H and O–H groups in total. The van der Waals surface area contributed by atoms with Gasteiger partial charge in [0.05, 0.1) is 35.2 Å². The van der Waals surface area contributed by atoms with Gasteiger partial charge in [0, 0.05) is 51.5 Å². The van der Waals surface area contributed by atoms with Gasteiger partial charge in [-0.1, -0.05) is 30.3 Å². The van der Waals surface area contributed by atoms with Crippen molar-refractivity contribution in [2.45, 2.75) is 19.6 Å². The molecule has 12 heteroatoms. The van der Waals surface area contributed by atoms with Gasteiger partial charge in [-0.3, -0.25) is 4.57 Å². The number of benzene rings is 3. The van der Waals surface area contributed by atoms with Crippen LogP contribution in [0.25, 0.3) is 27.1 Å². The highest BCUT2D eigenvalue weighted by molar-refractivity contribution is 7.62. The van der Waals surface area contributed by atoms with Gasteiger partial charge in [0.1, 0.15) is 24.1 Å². The molecule has 3 aromatic carbocycles. The highest BCUT2D eigenvalue weighted by Crippen LogP contribution is 2.45. The first kappa shape index (κ1) is 31.0. The summed E-state index contributed by atoms with van der Waals surface area (Å²) in [6.45, 7) is 7.75. The van der Waals surface area contributed by atoms with Crippen LogP contribution < -0.4 is 10.0 Å². The molecule has 0 radical (unpaired) electrons. The summed E-state index contributed by atoms with van der Waals surface area (Å²) >= 11 is 0. The second kappa shape index (κ2) is 13.5. The number of ether oxygens (including phenoxy) is 2. The van der Waals surface area contributed by atoms with E-state index in [4.69, 9.17) is 30.1 Å². The van der Waals surface area contributed by atoms with Gasteiger partial charge in [-0.05, 0) is 42.0 Å². The molecule has 0 fully saturated rings. The fourth-order valence-corrected chi connectivity index (χ4v) is 5.84. The molecule has 0 saturated carbocycles. The van der Waals surface area contributed by atoms with Crippen molar-refractivity contribution in [2.24, 2.45) is 0 Å². The second-order valence-electron chi connectivity index (χ2n) is 9.73. The Morgan fingerprint density at radius 3 is 2.39 bits per heavy atom. The van der Waals surface area contributed by atoms with E-state index >= 15 is 4.39 Å². The maximum atomic E-state index is 15.5. The maximum absolute atomic E-state index is 15.5. The molecule has 0 amide bonds. The Kier molecular flexibility index (Phi) is 9.47. The Labute approximate surface area is 253 Å². The van der Waals surface area contributed by atoms with Gasteiger partial charge >= 0.3 is 7.60 Å². The largest absolute Gasteiger partial charge is 0.473 e. The van der Waals surface area contributed by atoms with Gasteiger partial charge in [0.25, 0.3) is 0 Å². The van der Waals surface area contributed by atoms with Crippen LogP contribution in [0.15, 0.2) is 72.8 Å². The Bertz CT molecular complexity index is 1900. The van der Waals surface area contributed by atoms with Crippen molar-refractivity contribution in [3.8, 4) is 17.1 Å². The number of rotatable bonds is 12. The summed E-state index contributed by atoms with van der Waals surface area (Å²) in [4.78, 5) is 12.4. The standard InChI is InChI=1S/C32H29F2N4O5P/c1-35-24-11-10-23(27(34)18-24)20-43-32-7-5-6-28(37-32)22-9-8-21(26(33)16-22)17-31-36-29-13-12-25(44(39,41-3)42-4)19-30(29)38(31)14-15-40-2/h5-13,16,18-19H,14-15,17,20H2,2-4H3. The Balaban J connectivity index is 1.38. The van der Waals surface area contributed by atoms with Crippen LogP contribution in [0.3, 0.4) is 0 Å². The van der Waals surface area contributed by atoms with E-state index in [9.17, 15) is 8.96 Å². The predicted molar refractivity (Wildman–Crippen MR) is 162 cm³/mol. The fourth-order valence-electron chi connectivity index (χ4n) is 4.73. The molecule has 226 valence electrons. The molecule has 0 bridgehead atoms. The molecule has 5 aromatic rings. The van der Waals surface area contributed by atoms with Crippen LogP contribution in [0, 0.1) is 18.2 Å². The summed E-state index contributed by atoms with van der Waals surface area (Å²) in [6.07, 6.45) is 0.195. The van der Waals surface area contributed by atoms with E-state index in [1.807, 2.05) is 4.57 Å². The normalized spacial score (nSPS) is 11.5. The Morgan fingerprint density at radius 1 is 0.909 bits per heavy atom. The van der Waals surface area contributed by atoms with E-state index in [1.54, 1.807) is 55.6 Å². The average molecular weight is 619 g/mol. The smallest absolute Gasteiger partial charge is 0.360 e. The molecule has 9 nitrogen and oxygen atoms in total. The minimum Gasteiger partial charge on any atom is -0.473 e. The SMILES string of the molecule is [C-]#[N+]c1ccc(COc2cccc(-c3ccc(Cc4nc5ccc(P(=O)(OC)OC)cc5n4CCOC)c(F)c3)n2)c(F)c1. The zero-order valence-corrected chi connectivity index (χ0v) is 25.2. The van der Waals surface area contributed by atoms with Crippen LogP contribution in [0.5, 0.6) is 5.88 Å². The van der Waals surface area contributed by atoms with E-state index < -0.39 is 19.2 Å². The summed E-state index contributed by atoms with van der Waals surface area (Å²) in [5.74, 6) is -0.116. The first-order valence-corrected chi connectivity index (χ1v) is 15.1. The lowest BCUT2D eigenvalue weighted by atomic mass is 10.1. The summed E-state index contributed by atoms with van der Waals surface area (Å²) in [7, 11) is 0.756. The topological polar surface area (TPSA) is 89.1 Å². The third kappa shape index (κ3) is 6.54. The number of halogens is 2. The van der Waals surface area contributed by atoms with Gasteiger partial charge in [-0.2, -0.15) is 0 Å². The lowest BCUT2D eigenvalue weighted by molar-refractivity contribution is 0.187. The molecule has 0 saturated heterocycles. The molecule has 0 unspecified atom stereocenters. The number of aromatic nitrogens is 3. The van der Waals surface area contributed by atoms with Crippen LogP contribution in [0.1, 0.15) is 17.0 Å². The molecule has 44 heavy (non-hydrogen) atoms. The molecule has 2 heterocycles. The molecule has 0 spiro atoms. The Morgan fingerprint density at radius 2 is 1.68 bits per heavy atom. The number of hydrogen-bond donors (Lipinski definition) is 0. The van der Waals surface area contributed by atoms with Gasteiger partial charge < -0.3 is 23.1 Å². The van der Waals surface area contributed by atoms with Gasteiger partial charge in [0.2, 0.25) is 5.88 Å². The number of imidazole rings is 1. The van der Waals surface area contributed by atoms with Crippen molar-refractivity contribution in [3.63, 3.8) is 0 Å². The van der Waals surface area contributed by atoms with Gasteiger partial charge in [-0.15, -0.1) is 0 Å². The molecule has 2 aromatic heterocycles. The number of nitrogens with zero attached hydrogens (tertiary/aromatic N) is 4. The van der Waals surface area contributed by atoms with Crippen molar-refractivity contribution in [2.75, 3.05) is 27.9 Å². The molecular formula is C32H29F2N4O5P. The summed E-state index contributed by atoms with van der Waals surface area (Å²) in [5.41, 5.74) is 3.29. The monoisotopic (exact) mass is 618 g/mol. The van der Waals surface area contributed by atoms with Crippen LogP contribution >= 0.6 is 7.60 Å². The molecule has 0 aliphatic heterocycles. The maximum Gasteiger partial charge on any atom is 0.360 e. The number of fused-ring (bicyclic) bond motifs is 1. The van der Waals surface area contributed by atoms with E-state index in [0.29, 0.717) is 57.7 Å². The second-order valence-corrected chi connectivity index (χ2v) is 12.0. The number of methoxy groups -OCH3 is 1. The lowest BCUT2D eigenvalue weighted by Crippen LogP contribution is -2.11. The zero-order valence-electron chi connectivity index (χ0n) is 24.3. The summed E-state index contributed by atoms with van der Waals surface area (Å²) < 4.78 is 65.9. The minimum atomic E-state index is -3.49. The van der Waals surface area contributed by atoms with Crippen molar-refractivity contribution in [1.29, 1.82) is 0 Å². The molecule has 0 aliphatic carbocycles. The molecule has 0 atom stereocenters. The van der Waals surface area contributed by atoms with E-state index in [-0.39, 0.29) is 24.6 Å². The van der Waals surface area contributed by atoms with E-state index in [2.05, 4.69) is 9.83 Å². The average Bonchev–Trinajstić information content (AvgIpc) is 3.39. The van der Waals surface area contributed by atoms with Crippen LogP contribution in [-0.4, -0.2) is 42.5 Å². The summed E-state index contributed by atoms with van der Waals surface area (Å²) in [5, 5.41) is 0.387. The first-order valence-electron chi connectivity index (χ1n) is 13.5. The first-order chi connectivity index (χ1) is 21.3. The lowest BCUT2D eigenvalue weighted by Gasteiger charge is -2.14. The highest BCUT2D eigenvalue weighted by Gasteiger charge is 2.26. The van der Waals surface area contributed by atoms with Crippen molar-refractivity contribution in [1.82, 2.24) is 14.5 Å². The van der Waals surface area contributed by atoms with Crippen LogP contribution in [-0.2, 0) is 37.9 Å². The van der Waals surface area contributed by atoms with Crippen LogP contribution in [0.4, 0.5) is 14.5 Å². The van der Waals surface area contributed by atoms with E-state index in [0.717, 1.165) is 6.07 Å². The summed E-state index contributed by atoms with van der Waals surface area (Å²) in [6, 6.07) is 19.2. The third-order valence-corrected chi connectivity index (χ3v) is 8.96. The molecule has 0 aliphatic rings. The Hall–Kier alpha value is -4.46. The predicted octanol–water partition coefficient (Wildman–Crippen LogP) is 6.85. The van der Waals surface area contributed by atoms with Crippen molar-refractivity contribution in [3.05, 3.63) is 113 Å². The zero-order chi connectivity index (χ0) is 31.3. The fraction of sp³-hybridized carbons (Fsp3) is 0.219.